The minimum absolute atomic E-state index is 0.000343. The van der Waals surface area contributed by atoms with E-state index in [0.29, 0.717) is 16.8 Å². The van der Waals surface area contributed by atoms with Gasteiger partial charge < -0.3 is 10.6 Å². The van der Waals surface area contributed by atoms with Crippen LogP contribution < -0.4 is 10.6 Å². The molecule has 24 heavy (non-hydrogen) atoms. The minimum atomic E-state index is -0.371. The molecule has 2 N–H and O–H groups in total. The summed E-state index contributed by atoms with van der Waals surface area (Å²) in [5, 5.41) is 5.48. The Morgan fingerprint density at radius 1 is 1.04 bits per heavy atom. The average molecular weight is 326 g/mol. The molecule has 0 fully saturated rings. The van der Waals surface area contributed by atoms with Crippen molar-refractivity contribution in [1.29, 1.82) is 0 Å². The van der Waals surface area contributed by atoms with Gasteiger partial charge in [-0.2, -0.15) is 0 Å². The third kappa shape index (κ3) is 5.05. The Morgan fingerprint density at radius 2 is 1.71 bits per heavy atom. The largest absolute Gasteiger partial charge is 0.350 e. The lowest BCUT2D eigenvalue weighted by molar-refractivity contribution is -0.111. The van der Waals surface area contributed by atoms with Crippen molar-refractivity contribution in [2.24, 2.45) is 0 Å². The summed E-state index contributed by atoms with van der Waals surface area (Å²) in [5.74, 6) is -0.950. The van der Waals surface area contributed by atoms with Gasteiger partial charge >= 0.3 is 0 Å². The molecule has 0 aliphatic rings. The zero-order valence-electron chi connectivity index (χ0n) is 13.5. The van der Waals surface area contributed by atoms with Crippen LogP contribution in [0.5, 0.6) is 0 Å². The Bertz CT molecular complexity index is 752. The topological polar surface area (TPSA) is 58.2 Å². The van der Waals surface area contributed by atoms with Crippen LogP contribution >= 0.6 is 0 Å². The number of carbonyl (C=O) groups is 2. The summed E-state index contributed by atoms with van der Waals surface area (Å²) in [7, 11) is 0. The lowest BCUT2D eigenvalue weighted by Crippen LogP contribution is -2.30. The van der Waals surface area contributed by atoms with Crippen molar-refractivity contribution in [2.45, 2.75) is 19.9 Å². The molecule has 0 aromatic heterocycles. The summed E-state index contributed by atoms with van der Waals surface area (Å²) < 4.78 is 12.8. The van der Waals surface area contributed by atoms with E-state index in [9.17, 15) is 14.0 Å². The van der Waals surface area contributed by atoms with E-state index in [-0.39, 0.29) is 23.7 Å². The maximum Gasteiger partial charge on any atom is 0.253 e. The fourth-order valence-electron chi connectivity index (χ4n) is 2.05. The summed E-state index contributed by atoms with van der Waals surface area (Å²) in [6, 6.07) is 12.6. The number of hydrogen-bond donors (Lipinski definition) is 2. The van der Waals surface area contributed by atoms with E-state index in [4.69, 9.17) is 0 Å². The second-order valence-electron chi connectivity index (χ2n) is 5.55. The first kappa shape index (κ1) is 17.4. The van der Waals surface area contributed by atoms with Gasteiger partial charge in [0.1, 0.15) is 5.82 Å². The number of hydrogen-bond acceptors (Lipinski definition) is 2. The predicted molar refractivity (Wildman–Crippen MR) is 93.1 cm³/mol. The molecular weight excluding hydrogens is 307 g/mol. The van der Waals surface area contributed by atoms with E-state index in [1.54, 1.807) is 42.5 Å². The molecule has 124 valence electrons. The monoisotopic (exact) mass is 326 g/mol. The van der Waals surface area contributed by atoms with Crippen LogP contribution in [0.1, 0.15) is 29.8 Å². The first-order valence-corrected chi connectivity index (χ1v) is 7.60. The maximum absolute atomic E-state index is 12.8. The second-order valence-corrected chi connectivity index (χ2v) is 5.55. The van der Waals surface area contributed by atoms with Crippen molar-refractivity contribution in [2.75, 3.05) is 5.32 Å². The van der Waals surface area contributed by atoms with Crippen molar-refractivity contribution in [3.63, 3.8) is 0 Å². The summed E-state index contributed by atoms with van der Waals surface area (Å²) >= 11 is 0. The van der Waals surface area contributed by atoms with Gasteiger partial charge in [0, 0.05) is 12.1 Å². The first-order valence-electron chi connectivity index (χ1n) is 7.60. The van der Waals surface area contributed by atoms with Gasteiger partial charge in [-0.15, -0.1) is 0 Å². The Hall–Kier alpha value is -2.95. The van der Waals surface area contributed by atoms with Gasteiger partial charge in [-0.3, -0.25) is 9.59 Å². The second kappa shape index (κ2) is 8.06. The molecule has 0 saturated carbocycles. The fourth-order valence-corrected chi connectivity index (χ4v) is 2.05. The quantitative estimate of drug-likeness (QED) is 0.825. The van der Waals surface area contributed by atoms with Crippen LogP contribution in [-0.4, -0.2) is 17.9 Å². The number of nitrogens with one attached hydrogen (secondary N) is 2. The molecule has 0 spiro atoms. The third-order valence-corrected chi connectivity index (χ3v) is 3.15. The molecule has 0 aliphatic heterocycles. The molecule has 0 saturated heterocycles. The number of benzene rings is 2. The molecule has 0 atom stereocenters. The molecule has 2 aromatic rings. The van der Waals surface area contributed by atoms with E-state index >= 15 is 0 Å². The molecule has 2 aromatic carbocycles. The number of rotatable bonds is 5. The summed E-state index contributed by atoms with van der Waals surface area (Å²) in [6.07, 6.45) is 2.91. The van der Waals surface area contributed by atoms with Crippen molar-refractivity contribution in [1.82, 2.24) is 5.32 Å². The van der Waals surface area contributed by atoms with E-state index < -0.39 is 0 Å². The van der Waals surface area contributed by atoms with Gasteiger partial charge in [-0.25, -0.2) is 4.39 Å². The van der Waals surface area contributed by atoms with Gasteiger partial charge in [0.15, 0.2) is 0 Å². The van der Waals surface area contributed by atoms with Gasteiger partial charge in [0.05, 0.1) is 11.3 Å². The van der Waals surface area contributed by atoms with E-state index in [1.165, 1.54) is 18.2 Å². The summed E-state index contributed by atoms with van der Waals surface area (Å²) in [5.41, 5.74) is 1.54. The SMILES string of the molecule is CC(C)NC(=O)c1ccccc1NC(=O)/C=C/c1ccc(F)cc1. The maximum atomic E-state index is 12.8. The van der Waals surface area contributed by atoms with Crippen LogP contribution in [0, 0.1) is 5.82 Å². The highest BCUT2D eigenvalue weighted by molar-refractivity contribution is 6.07. The molecule has 0 heterocycles. The lowest BCUT2D eigenvalue weighted by atomic mass is 10.1. The summed E-state index contributed by atoms with van der Waals surface area (Å²) in [4.78, 5) is 24.2. The molecule has 4 nitrogen and oxygen atoms in total. The highest BCUT2D eigenvalue weighted by Crippen LogP contribution is 2.15. The zero-order valence-corrected chi connectivity index (χ0v) is 13.5. The van der Waals surface area contributed by atoms with Crippen LogP contribution in [-0.2, 0) is 4.79 Å². The van der Waals surface area contributed by atoms with Crippen LogP contribution in [0.2, 0.25) is 0 Å². The number of carbonyl (C=O) groups excluding carboxylic acids is 2. The van der Waals surface area contributed by atoms with Gasteiger partial charge in [0.25, 0.3) is 5.91 Å². The Kier molecular flexibility index (Phi) is 5.84. The standard InChI is InChI=1S/C19H19FN2O2/c1-13(2)21-19(24)16-5-3-4-6-17(16)22-18(23)12-9-14-7-10-15(20)11-8-14/h3-13H,1-2H3,(H,21,24)(H,22,23)/b12-9+. The third-order valence-electron chi connectivity index (χ3n) is 3.15. The highest BCUT2D eigenvalue weighted by Gasteiger charge is 2.12. The Balaban J connectivity index is 2.09. The average Bonchev–Trinajstić information content (AvgIpc) is 2.54. The van der Waals surface area contributed by atoms with Crippen LogP contribution in [0.3, 0.4) is 0 Å². The zero-order chi connectivity index (χ0) is 17.5. The predicted octanol–water partition coefficient (Wildman–Crippen LogP) is 3.62. The normalized spacial score (nSPS) is 10.8. The Morgan fingerprint density at radius 3 is 2.38 bits per heavy atom. The van der Waals surface area contributed by atoms with Crippen molar-refractivity contribution >= 4 is 23.6 Å². The van der Waals surface area contributed by atoms with Crippen molar-refractivity contribution in [3.05, 3.63) is 71.6 Å². The summed E-state index contributed by atoms with van der Waals surface area (Å²) in [6.45, 7) is 3.73. The number of amides is 2. The number of halogens is 1. The van der Waals surface area contributed by atoms with Crippen LogP contribution in [0.25, 0.3) is 6.08 Å². The molecule has 0 unspecified atom stereocenters. The van der Waals surface area contributed by atoms with Gasteiger partial charge in [0.2, 0.25) is 5.91 Å². The molecule has 2 amide bonds. The van der Waals surface area contributed by atoms with Gasteiger partial charge in [-0.1, -0.05) is 24.3 Å². The van der Waals surface area contributed by atoms with Crippen LogP contribution in [0.4, 0.5) is 10.1 Å². The van der Waals surface area contributed by atoms with Gasteiger partial charge in [-0.05, 0) is 49.8 Å². The first-order chi connectivity index (χ1) is 11.5. The highest BCUT2D eigenvalue weighted by atomic mass is 19.1. The minimum Gasteiger partial charge on any atom is -0.350 e. The van der Waals surface area contributed by atoms with E-state index in [2.05, 4.69) is 10.6 Å². The van der Waals surface area contributed by atoms with Crippen molar-refractivity contribution < 1.29 is 14.0 Å². The number of anilines is 1. The molecule has 2 rings (SSSR count). The molecule has 5 heteroatoms. The molecule has 0 bridgehead atoms. The lowest BCUT2D eigenvalue weighted by Gasteiger charge is -2.12. The van der Waals surface area contributed by atoms with E-state index in [0.717, 1.165) is 0 Å². The fraction of sp³-hybridized carbons (Fsp3) is 0.158. The van der Waals surface area contributed by atoms with Crippen molar-refractivity contribution in [3.8, 4) is 0 Å². The molecule has 0 aliphatic carbocycles. The van der Waals surface area contributed by atoms with E-state index in [1.807, 2.05) is 13.8 Å². The van der Waals surface area contributed by atoms with Crippen LogP contribution in [0.15, 0.2) is 54.6 Å². The molecular formula is C19H19FN2O2. The number of para-hydroxylation sites is 1. The smallest absolute Gasteiger partial charge is 0.253 e. The molecule has 0 radical (unpaired) electrons. The Labute approximate surface area is 140 Å².